The molecule has 0 saturated carbocycles. The van der Waals surface area contributed by atoms with E-state index in [1.807, 2.05) is 23.7 Å². The lowest BCUT2D eigenvalue weighted by molar-refractivity contribution is -0.132. The summed E-state index contributed by atoms with van der Waals surface area (Å²) in [5, 5.41) is 3.37. The molecule has 1 aliphatic rings. The number of benzene rings is 1. The van der Waals surface area contributed by atoms with Crippen molar-refractivity contribution in [1.82, 2.24) is 14.9 Å². The first-order chi connectivity index (χ1) is 14.1. The predicted molar refractivity (Wildman–Crippen MR) is 110 cm³/mol. The van der Waals surface area contributed by atoms with E-state index in [2.05, 4.69) is 15.2 Å². The Kier molecular flexibility index (Phi) is 5.31. The molecule has 0 amide bonds. The third-order valence-corrected chi connectivity index (χ3v) is 5.07. The Morgan fingerprint density at radius 2 is 1.66 bits per heavy atom. The maximum atomic E-state index is 13.6. The molecule has 0 radical (unpaired) electrons. The quantitative estimate of drug-likeness (QED) is 0.689. The SMILES string of the molecule is CC(=O)Oc1c(-c2ccc(F)cc2)c(-c2ccncc2)c(N2CCNCC2)n1C. The first-order valence-electron chi connectivity index (χ1n) is 9.59. The van der Waals surface area contributed by atoms with E-state index < -0.39 is 5.97 Å². The third kappa shape index (κ3) is 3.73. The van der Waals surface area contributed by atoms with E-state index >= 15 is 0 Å². The minimum Gasteiger partial charge on any atom is -0.409 e. The number of ether oxygens (including phenoxy) is 1. The van der Waals surface area contributed by atoms with Crippen molar-refractivity contribution in [2.75, 3.05) is 31.1 Å². The highest BCUT2D eigenvalue weighted by atomic mass is 19.1. The lowest BCUT2D eigenvalue weighted by atomic mass is 9.98. The molecule has 0 atom stereocenters. The molecule has 1 saturated heterocycles. The highest BCUT2D eigenvalue weighted by Crippen LogP contribution is 2.47. The van der Waals surface area contributed by atoms with Gasteiger partial charge in [-0.2, -0.15) is 0 Å². The molecule has 3 aromatic rings. The second-order valence-electron chi connectivity index (χ2n) is 7.01. The van der Waals surface area contributed by atoms with Crippen LogP contribution >= 0.6 is 0 Å². The number of esters is 1. The normalized spacial score (nSPS) is 14.1. The van der Waals surface area contributed by atoms with Crippen LogP contribution in [-0.2, 0) is 11.8 Å². The largest absolute Gasteiger partial charge is 0.409 e. The Morgan fingerprint density at radius 3 is 2.28 bits per heavy atom. The molecule has 3 heterocycles. The molecule has 29 heavy (non-hydrogen) atoms. The molecule has 0 unspecified atom stereocenters. The topological polar surface area (TPSA) is 59.4 Å². The first-order valence-corrected chi connectivity index (χ1v) is 9.59. The fraction of sp³-hybridized carbons (Fsp3) is 0.273. The molecule has 4 rings (SSSR count). The van der Waals surface area contributed by atoms with Crippen LogP contribution in [0.3, 0.4) is 0 Å². The molecular weight excluding hydrogens is 371 g/mol. The van der Waals surface area contributed by atoms with Gasteiger partial charge in [0.15, 0.2) is 0 Å². The summed E-state index contributed by atoms with van der Waals surface area (Å²) in [6, 6.07) is 10.1. The van der Waals surface area contributed by atoms with Gasteiger partial charge in [0, 0.05) is 58.1 Å². The Morgan fingerprint density at radius 1 is 1.03 bits per heavy atom. The van der Waals surface area contributed by atoms with Crippen LogP contribution in [0.25, 0.3) is 22.3 Å². The van der Waals surface area contributed by atoms with Gasteiger partial charge < -0.3 is 19.5 Å². The molecule has 7 heteroatoms. The van der Waals surface area contributed by atoms with Crippen molar-refractivity contribution >= 4 is 11.8 Å². The second kappa shape index (κ2) is 8.05. The van der Waals surface area contributed by atoms with Crippen molar-refractivity contribution in [3.8, 4) is 28.1 Å². The van der Waals surface area contributed by atoms with Crippen LogP contribution in [0, 0.1) is 5.82 Å². The first kappa shape index (κ1) is 19.1. The summed E-state index contributed by atoms with van der Waals surface area (Å²) >= 11 is 0. The van der Waals surface area contributed by atoms with E-state index in [1.54, 1.807) is 24.5 Å². The highest BCUT2D eigenvalue weighted by molar-refractivity contribution is 5.96. The summed E-state index contributed by atoms with van der Waals surface area (Å²) in [7, 11) is 1.90. The zero-order valence-electron chi connectivity index (χ0n) is 16.5. The Labute approximate surface area is 168 Å². The number of pyridine rings is 1. The molecule has 1 aromatic carbocycles. The molecule has 150 valence electrons. The number of carbonyl (C=O) groups is 1. The second-order valence-corrected chi connectivity index (χ2v) is 7.01. The summed E-state index contributed by atoms with van der Waals surface area (Å²) in [5.41, 5.74) is 3.45. The van der Waals surface area contributed by atoms with Crippen molar-refractivity contribution in [3.05, 3.63) is 54.6 Å². The van der Waals surface area contributed by atoms with Gasteiger partial charge in [-0.15, -0.1) is 0 Å². The molecule has 1 fully saturated rings. The molecule has 0 bridgehead atoms. The van der Waals surface area contributed by atoms with Gasteiger partial charge in [0.2, 0.25) is 5.88 Å². The summed E-state index contributed by atoms with van der Waals surface area (Å²) in [5.74, 6) is 0.700. The number of piperazine rings is 1. The number of rotatable bonds is 4. The Bertz CT molecular complexity index is 1010. The van der Waals surface area contributed by atoms with Crippen LogP contribution in [0.1, 0.15) is 6.92 Å². The number of carbonyl (C=O) groups excluding carboxylic acids is 1. The van der Waals surface area contributed by atoms with Gasteiger partial charge in [0.1, 0.15) is 11.6 Å². The van der Waals surface area contributed by atoms with Gasteiger partial charge in [-0.1, -0.05) is 12.1 Å². The van der Waals surface area contributed by atoms with Gasteiger partial charge in [0.05, 0.1) is 5.56 Å². The molecule has 2 aromatic heterocycles. The van der Waals surface area contributed by atoms with Crippen molar-refractivity contribution in [1.29, 1.82) is 0 Å². The van der Waals surface area contributed by atoms with Gasteiger partial charge in [0.25, 0.3) is 0 Å². The summed E-state index contributed by atoms with van der Waals surface area (Å²) in [6.07, 6.45) is 3.48. The van der Waals surface area contributed by atoms with Gasteiger partial charge in [-0.25, -0.2) is 4.39 Å². The minimum absolute atomic E-state index is 0.313. The molecule has 0 spiro atoms. The van der Waals surface area contributed by atoms with Crippen molar-refractivity contribution in [3.63, 3.8) is 0 Å². The third-order valence-electron chi connectivity index (χ3n) is 5.07. The number of anilines is 1. The van der Waals surface area contributed by atoms with Crippen LogP contribution in [-0.4, -0.2) is 41.7 Å². The minimum atomic E-state index is -0.401. The summed E-state index contributed by atoms with van der Waals surface area (Å²) in [4.78, 5) is 18.3. The van der Waals surface area contributed by atoms with Gasteiger partial charge in [-0.3, -0.25) is 9.78 Å². The van der Waals surface area contributed by atoms with E-state index in [9.17, 15) is 9.18 Å². The van der Waals surface area contributed by atoms with Crippen LogP contribution in [0.15, 0.2) is 48.8 Å². The molecular formula is C22H23FN4O2. The smallest absolute Gasteiger partial charge is 0.309 e. The summed E-state index contributed by atoms with van der Waals surface area (Å²) < 4.78 is 21.2. The van der Waals surface area contributed by atoms with E-state index in [-0.39, 0.29) is 5.82 Å². The van der Waals surface area contributed by atoms with E-state index in [0.29, 0.717) is 5.88 Å². The fourth-order valence-corrected chi connectivity index (χ4v) is 3.83. The van der Waals surface area contributed by atoms with Crippen molar-refractivity contribution < 1.29 is 13.9 Å². The van der Waals surface area contributed by atoms with Crippen molar-refractivity contribution in [2.24, 2.45) is 7.05 Å². The van der Waals surface area contributed by atoms with Crippen LogP contribution in [0.5, 0.6) is 5.88 Å². The number of hydrogen-bond donors (Lipinski definition) is 1. The highest BCUT2D eigenvalue weighted by Gasteiger charge is 2.29. The van der Waals surface area contributed by atoms with Crippen LogP contribution in [0.2, 0.25) is 0 Å². The van der Waals surface area contributed by atoms with Crippen LogP contribution in [0.4, 0.5) is 10.2 Å². The van der Waals surface area contributed by atoms with E-state index in [4.69, 9.17) is 4.74 Å². The number of nitrogens with zero attached hydrogens (tertiary/aromatic N) is 3. The number of halogens is 1. The predicted octanol–water partition coefficient (Wildman–Crippen LogP) is 3.23. The lowest BCUT2D eigenvalue weighted by Gasteiger charge is -2.31. The Balaban J connectivity index is 2.02. The van der Waals surface area contributed by atoms with E-state index in [1.165, 1.54) is 19.1 Å². The number of hydrogen-bond acceptors (Lipinski definition) is 5. The maximum absolute atomic E-state index is 13.6. The number of aromatic nitrogens is 2. The molecule has 1 aliphatic heterocycles. The van der Waals surface area contributed by atoms with Crippen molar-refractivity contribution in [2.45, 2.75) is 6.92 Å². The molecule has 1 N–H and O–H groups in total. The average molecular weight is 394 g/mol. The van der Waals surface area contributed by atoms with Crippen LogP contribution < -0.4 is 15.0 Å². The fourth-order valence-electron chi connectivity index (χ4n) is 3.83. The molecule has 0 aliphatic carbocycles. The average Bonchev–Trinajstić information content (AvgIpc) is 3.02. The zero-order valence-corrected chi connectivity index (χ0v) is 16.5. The summed E-state index contributed by atoms with van der Waals surface area (Å²) in [6.45, 7) is 4.79. The monoisotopic (exact) mass is 394 g/mol. The van der Waals surface area contributed by atoms with E-state index in [0.717, 1.165) is 54.3 Å². The zero-order chi connectivity index (χ0) is 20.4. The van der Waals surface area contributed by atoms with Gasteiger partial charge in [-0.05, 0) is 35.4 Å². The standard InChI is InChI=1S/C22H23FN4O2/c1-15(28)29-22-20(16-3-5-18(23)6-4-16)19(17-7-9-24-10-8-17)21(26(22)2)27-13-11-25-12-14-27/h3-10,25H,11-14H2,1-2H3. The Hall–Kier alpha value is -3.19. The lowest BCUT2D eigenvalue weighted by Crippen LogP contribution is -2.44. The van der Waals surface area contributed by atoms with Gasteiger partial charge >= 0.3 is 5.97 Å². The maximum Gasteiger partial charge on any atom is 0.309 e. The number of nitrogens with one attached hydrogen (secondary N) is 1. The molecule has 6 nitrogen and oxygen atoms in total.